The first-order valence-electron chi connectivity index (χ1n) is 12.3. The van der Waals surface area contributed by atoms with Gasteiger partial charge < -0.3 is 15.4 Å². The molecule has 2 heterocycles. The van der Waals surface area contributed by atoms with Crippen molar-refractivity contribution in [1.82, 2.24) is 14.9 Å². The van der Waals surface area contributed by atoms with Crippen LogP contribution >= 0.6 is 0 Å². The Morgan fingerprint density at radius 1 is 1.11 bits per heavy atom. The summed E-state index contributed by atoms with van der Waals surface area (Å²) in [5, 5.41) is 5.81. The van der Waals surface area contributed by atoms with E-state index < -0.39 is 10.0 Å². The van der Waals surface area contributed by atoms with Crippen LogP contribution in [0.25, 0.3) is 0 Å². The zero-order valence-electron chi connectivity index (χ0n) is 20.7. The average molecular weight is 512 g/mol. The molecule has 2 aromatic rings. The fraction of sp³-hybridized carbons (Fsp3) is 0.407. The van der Waals surface area contributed by atoms with Gasteiger partial charge in [0.25, 0.3) is 5.91 Å². The number of rotatable bonds is 8. The lowest BCUT2D eigenvalue weighted by molar-refractivity contribution is -0.118. The highest BCUT2D eigenvalue weighted by Crippen LogP contribution is 2.30. The molecule has 192 valence electrons. The van der Waals surface area contributed by atoms with Gasteiger partial charge in [-0.2, -0.15) is 4.31 Å². The maximum absolute atomic E-state index is 13.3. The SMILES string of the molecule is C=CC(=O)NC1C(C)CN(S(=O)(=O)c2ccc(C(=O)NCCc3cccc4c3OCC4)cc2)CC1C. The van der Waals surface area contributed by atoms with Crippen molar-refractivity contribution >= 4 is 21.8 Å². The van der Waals surface area contributed by atoms with Gasteiger partial charge in [-0.1, -0.05) is 38.6 Å². The Labute approximate surface area is 212 Å². The molecule has 2 atom stereocenters. The Kier molecular flexibility index (Phi) is 7.80. The van der Waals surface area contributed by atoms with Crippen LogP contribution in [0.5, 0.6) is 5.75 Å². The van der Waals surface area contributed by atoms with Gasteiger partial charge in [0, 0.05) is 37.7 Å². The van der Waals surface area contributed by atoms with Crippen molar-refractivity contribution < 1.29 is 22.7 Å². The van der Waals surface area contributed by atoms with Crippen LogP contribution < -0.4 is 15.4 Å². The van der Waals surface area contributed by atoms with E-state index in [1.807, 2.05) is 26.0 Å². The van der Waals surface area contributed by atoms with E-state index in [0.29, 0.717) is 38.2 Å². The maximum Gasteiger partial charge on any atom is 0.251 e. The molecule has 2 N–H and O–H groups in total. The quantitative estimate of drug-likeness (QED) is 0.530. The predicted octanol–water partition coefficient (Wildman–Crippen LogP) is 2.54. The zero-order chi connectivity index (χ0) is 25.9. The highest BCUT2D eigenvalue weighted by molar-refractivity contribution is 7.89. The second-order valence-electron chi connectivity index (χ2n) is 9.55. The van der Waals surface area contributed by atoms with Gasteiger partial charge in [0.05, 0.1) is 11.5 Å². The first-order valence-corrected chi connectivity index (χ1v) is 13.7. The van der Waals surface area contributed by atoms with E-state index in [-0.39, 0.29) is 34.6 Å². The zero-order valence-corrected chi connectivity index (χ0v) is 21.5. The third kappa shape index (κ3) is 5.47. The van der Waals surface area contributed by atoms with Gasteiger partial charge in [0.15, 0.2) is 0 Å². The third-order valence-electron chi connectivity index (χ3n) is 6.93. The molecule has 8 nitrogen and oxygen atoms in total. The predicted molar refractivity (Wildman–Crippen MR) is 137 cm³/mol. The summed E-state index contributed by atoms with van der Waals surface area (Å²) in [7, 11) is -3.73. The molecular weight excluding hydrogens is 478 g/mol. The van der Waals surface area contributed by atoms with E-state index in [0.717, 1.165) is 17.7 Å². The van der Waals surface area contributed by atoms with Crippen molar-refractivity contribution in [2.45, 2.75) is 37.6 Å². The smallest absolute Gasteiger partial charge is 0.251 e. The molecule has 0 spiro atoms. The van der Waals surface area contributed by atoms with Gasteiger partial charge in [0.1, 0.15) is 5.75 Å². The molecule has 0 aliphatic carbocycles. The Morgan fingerprint density at radius 2 is 1.81 bits per heavy atom. The first kappa shape index (κ1) is 25.9. The molecule has 1 fully saturated rings. The van der Waals surface area contributed by atoms with E-state index in [1.165, 1.54) is 40.2 Å². The minimum Gasteiger partial charge on any atom is -0.493 e. The second-order valence-corrected chi connectivity index (χ2v) is 11.5. The van der Waals surface area contributed by atoms with E-state index in [1.54, 1.807) is 0 Å². The van der Waals surface area contributed by atoms with Crippen molar-refractivity contribution in [1.29, 1.82) is 0 Å². The molecule has 1 saturated heterocycles. The van der Waals surface area contributed by atoms with Crippen molar-refractivity contribution in [2.24, 2.45) is 11.8 Å². The summed E-state index contributed by atoms with van der Waals surface area (Å²) in [4.78, 5) is 24.5. The van der Waals surface area contributed by atoms with E-state index in [2.05, 4.69) is 23.3 Å². The highest BCUT2D eigenvalue weighted by atomic mass is 32.2. The van der Waals surface area contributed by atoms with E-state index in [9.17, 15) is 18.0 Å². The maximum atomic E-state index is 13.3. The summed E-state index contributed by atoms with van der Waals surface area (Å²) in [5.74, 6) is 0.290. The first-order chi connectivity index (χ1) is 17.2. The molecule has 2 amide bonds. The molecule has 2 aliphatic rings. The molecule has 2 aliphatic heterocycles. The van der Waals surface area contributed by atoms with Gasteiger partial charge >= 0.3 is 0 Å². The number of benzene rings is 2. The number of nitrogens with zero attached hydrogens (tertiary/aromatic N) is 1. The summed E-state index contributed by atoms with van der Waals surface area (Å²) < 4.78 is 33.7. The Balaban J connectivity index is 1.35. The molecule has 2 unspecified atom stereocenters. The van der Waals surface area contributed by atoms with Gasteiger partial charge in [0.2, 0.25) is 15.9 Å². The molecule has 4 rings (SSSR count). The standard InChI is InChI=1S/C27H33N3O5S/c1-4-24(31)29-25-18(2)16-30(17-19(25)3)36(33,34)23-10-8-22(9-11-23)27(32)28-14-12-20-6-5-7-21-13-15-35-26(20)21/h4-11,18-19,25H,1,12-17H2,2-3H3,(H,28,32)(H,29,31). The van der Waals surface area contributed by atoms with Gasteiger partial charge in [-0.25, -0.2) is 8.42 Å². The molecule has 0 aromatic heterocycles. The Morgan fingerprint density at radius 3 is 2.47 bits per heavy atom. The minimum absolute atomic E-state index is 0.0614. The second kappa shape index (κ2) is 10.8. The number of ether oxygens (including phenoxy) is 1. The third-order valence-corrected chi connectivity index (χ3v) is 8.78. The van der Waals surface area contributed by atoms with Crippen molar-refractivity contribution in [2.75, 3.05) is 26.2 Å². The summed E-state index contributed by atoms with van der Waals surface area (Å²) in [5.41, 5.74) is 2.67. The summed E-state index contributed by atoms with van der Waals surface area (Å²) in [6.45, 7) is 9.06. The lowest BCUT2D eigenvalue weighted by Crippen LogP contribution is -2.55. The minimum atomic E-state index is -3.73. The number of carbonyl (C=O) groups is 2. The van der Waals surface area contributed by atoms with Gasteiger partial charge in [-0.15, -0.1) is 0 Å². The average Bonchev–Trinajstić information content (AvgIpc) is 3.36. The number of sulfonamides is 1. The number of fused-ring (bicyclic) bond motifs is 1. The van der Waals surface area contributed by atoms with Crippen LogP contribution in [-0.4, -0.2) is 56.8 Å². The molecule has 36 heavy (non-hydrogen) atoms. The lowest BCUT2D eigenvalue weighted by atomic mass is 9.87. The molecular formula is C27H33N3O5S. The van der Waals surface area contributed by atoms with Crippen LogP contribution in [0.2, 0.25) is 0 Å². The number of nitrogens with one attached hydrogen (secondary N) is 2. The summed E-state index contributed by atoms with van der Waals surface area (Å²) >= 11 is 0. The number of hydrogen-bond acceptors (Lipinski definition) is 5. The largest absolute Gasteiger partial charge is 0.493 e. The normalized spacial score (nSPS) is 21.8. The van der Waals surface area contributed by atoms with Gasteiger partial charge in [-0.05, 0) is 59.7 Å². The molecule has 0 radical (unpaired) electrons. The Bertz CT molecular complexity index is 1230. The number of piperidine rings is 1. The van der Waals surface area contributed by atoms with Crippen LogP contribution in [0.1, 0.15) is 35.3 Å². The number of carbonyl (C=O) groups excluding carboxylic acids is 2. The van der Waals surface area contributed by atoms with Crippen LogP contribution in [-0.2, 0) is 27.7 Å². The number of para-hydroxylation sites is 1. The van der Waals surface area contributed by atoms with E-state index in [4.69, 9.17) is 4.74 Å². The molecule has 0 bridgehead atoms. The lowest BCUT2D eigenvalue weighted by Gasteiger charge is -2.40. The molecule has 0 saturated carbocycles. The number of hydrogen-bond donors (Lipinski definition) is 2. The fourth-order valence-electron chi connectivity index (χ4n) is 5.03. The monoisotopic (exact) mass is 511 g/mol. The number of amides is 2. The van der Waals surface area contributed by atoms with Crippen LogP contribution in [0.4, 0.5) is 0 Å². The molecule has 9 heteroatoms. The summed E-state index contributed by atoms with van der Waals surface area (Å²) in [6, 6.07) is 12.0. The van der Waals surface area contributed by atoms with Crippen molar-refractivity contribution in [3.8, 4) is 5.75 Å². The van der Waals surface area contributed by atoms with Crippen LogP contribution in [0.15, 0.2) is 60.0 Å². The Hall–Kier alpha value is -3.17. The van der Waals surface area contributed by atoms with Crippen molar-refractivity contribution in [3.05, 3.63) is 71.8 Å². The van der Waals surface area contributed by atoms with Crippen LogP contribution in [0.3, 0.4) is 0 Å². The topological polar surface area (TPSA) is 105 Å². The van der Waals surface area contributed by atoms with E-state index >= 15 is 0 Å². The highest BCUT2D eigenvalue weighted by Gasteiger charge is 2.38. The van der Waals surface area contributed by atoms with Gasteiger partial charge in [-0.3, -0.25) is 9.59 Å². The molecule has 2 aromatic carbocycles. The van der Waals surface area contributed by atoms with Crippen LogP contribution in [0, 0.1) is 11.8 Å². The summed E-state index contributed by atoms with van der Waals surface area (Å²) in [6.07, 6.45) is 2.79. The van der Waals surface area contributed by atoms with Crippen molar-refractivity contribution in [3.63, 3.8) is 0 Å². The fourth-order valence-corrected chi connectivity index (χ4v) is 6.67.